The molecule has 0 bridgehead atoms. The van der Waals surface area contributed by atoms with Gasteiger partial charge in [-0.25, -0.2) is 0 Å². The Hall–Kier alpha value is -1.34. The van der Waals surface area contributed by atoms with E-state index in [2.05, 4.69) is 35.0 Å². The number of rotatable bonds is 9. The molecule has 0 aliphatic heterocycles. The van der Waals surface area contributed by atoms with E-state index < -0.39 is 7.32 Å². The molecule has 0 N–H and O–H groups in total. The molecule has 4 nitrogen and oxygen atoms in total. The summed E-state index contributed by atoms with van der Waals surface area (Å²) in [6.45, 7) is 10.2. The van der Waals surface area contributed by atoms with Crippen molar-refractivity contribution in [3.05, 3.63) is 64.1 Å². The van der Waals surface area contributed by atoms with E-state index in [1.165, 1.54) is 11.1 Å². The van der Waals surface area contributed by atoms with Crippen molar-refractivity contribution in [3.63, 3.8) is 0 Å². The SMILES string of the molecule is CCOB(OCC)OCC.Cc1cc(OCc2ccccc2)ccc1Br. The maximum absolute atomic E-state index is 5.71. The summed E-state index contributed by atoms with van der Waals surface area (Å²) < 4.78 is 22.1. The monoisotopic (exact) mass is 422 g/mol. The van der Waals surface area contributed by atoms with Crippen molar-refractivity contribution in [2.75, 3.05) is 19.8 Å². The number of hydrogen-bond donors (Lipinski definition) is 0. The Morgan fingerprint density at radius 2 is 1.42 bits per heavy atom. The molecule has 0 aromatic heterocycles. The van der Waals surface area contributed by atoms with Gasteiger partial charge in [0.15, 0.2) is 0 Å². The van der Waals surface area contributed by atoms with Crippen LogP contribution in [0.25, 0.3) is 0 Å². The Balaban J connectivity index is 0.000000294. The third-order valence-corrected chi connectivity index (χ3v) is 4.18. The lowest BCUT2D eigenvalue weighted by Gasteiger charge is -2.09. The minimum Gasteiger partial charge on any atom is -0.489 e. The molecule has 6 heteroatoms. The highest BCUT2D eigenvalue weighted by Crippen LogP contribution is 2.22. The highest BCUT2D eigenvalue weighted by atomic mass is 79.9. The molecule has 0 saturated heterocycles. The molecular formula is C20H28BBrO4. The molecule has 0 heterocycles. The van der Waals surface area contributed by atoms with E-state index in [9.17, 15) is 0 Å². The number of halogens is 1. The van der Waals surface area contributed by atoms with Gasteiger partial charge in [0, 0.05) is 24.3 Å². The smallest absolute Gasteiger partial charge is 0.489 e. The highest BCUT2D eigenvalue weighted by Gasteiger charge is 2.17. The first-order valence-electron chi connectivity index (χ1n) is 8.88. The third-order valence-electron chi connectivity index (χ3n) is 3.29. The molecule has 0 amide bonds. The van der Waals surface area contributed by atoms with Crippen molar-refractivity contribution in [1.29, 1.82) is 0 Å². The molecule has 0 saturated carbocycles. The number of hydrogen-bond acceptors (Lipinski definition) is 4. The highest BCUT2D eigenvalue weighted by molar-refractivity contribution is 9.10. The van der Waals surface area contributed by atoms with Gasteiger partial charge >= 0.3 is 7.32 Å². The first kappa shape index (κ1) is 22.7. The van der Waals surface area contributed by atoms with Crippen molar-refractivity contribution in [2.45, 2.75) is 34.3 Å². The van der Waals surface area contributed by atoms with Gasteiger partial charge in [-0.3, -0.25) is 0 Å². The average molecular weight is 423 g/mol. The van der Waals surface area contributed by atoms with Gasteiger partial charge in [-0.05, 0) is 57.0 Å². The van der Waals surface area contributed by atoms with E-state index >= 15 is 0 Å². The molecule has 2 rings (SSSR count). The molecular weight excluding hydrogens is 395 g/mol. The molecule has 0 aliphatic carbocycles. The van der Waals surface area contributed by atoms with E-state index in [4.69, 9.17) is 18.7 Å². The van der Waals surface area contributed by atoms with Crippen molar-refractivity contribution in [1.82, 2.24) is 0 Å². The summed E-state index contributed by atoms with van der Waals surface area (Å²) in [5.74, 6) is 0.907. The summed E-state index contributed by atoms with van der Waals surface area (Å²) in [5, 5.41) is 0. The standard InChI is InChI=1S/C14H13BrO.C6H15BO3/c1-11-9-13(7-8-14(11)15)16-10-12-5-3-2-4-6-12;1-4-8-7(9-5-2)10-6-3/h2-9H,10H2,1H3;4-6H2,1-3H3. The minimum atomic E-state index is -0.472. The van der Waals surface area contributed by atoms with Crippen molar-refractivity contribution in [2.24, 2.45) is 0 Å². The van der Waals surface area contributed by atoms with Gasteiger partial charge in [0.2, 0.25) is 0 Å². The Morgan fingerprint density at radius 3 is 1.92 bits per heavy atom. The zero-order chi connectivity index (χ0) is 19.2. The van der Waals surface area contributed by atoms with Crippen LogP contribution in [-0.2, 0) is 20.6 Å². The molecule has 2 aromatic carbocycles. The van der Waals surface area contributed by atoms with Crippen LogP contribution in [0, 0.1) is 6.92 Å². The minimum absolute atomic E-state index is 0.472. The van der Waals surface area contributed by atoms with Crippen LogP contribution in [0.1, 0.15) is 31.9 Å². The van der Waals surface area contributed by atoms with Crippen LogP contribution in [0.5, 0.6) is 5.75 Å². The Labute approximate surface area is 166 Å². The Kier molecular flexibility index (Phi) is 12.1. The lowest BCUT2D eigenvalue weighted by Crippen LogP contribution is -2.27. The summed E-state index contributed by atoms with van der Waals surface area (Å²) in [6, 6.07) is 16.2. The first-order valence-corrected chi connectivity index (χ1v) is 9.67. The summed E-state index contributed by atoms with van der Waals surface area (Å²) in [6.07, 6.45) is 0. The zero-order valence-corrected chi connectivity index (χ0v) is 17.6. The van der Waals surface area contributed by atoms with Crippen LogP contribution in [0.2, 0.25) is 0 Å². The van der Waals surface area contributed by atoms with Gasteiger partial charge in [0.25, 0.3) is 0 Å². The predicted octanol–water partition coefficient (Wildman–Crippen LogP) is 5.42. The maximum atomic E-state index is 5.71. The van der Waals surface area contributed by atoms with Crippen LogP contribution in [0.15, 0.2) is 53.0 Å². The second-order valence-electron chi connectivity index (χ2n) is 5.34. The predicted molar refractivity (Wildman–Crippen MR) is 110 cm³/mol. The van der Waals surface area contributed by atoms with Crippen LogP contribution in [0.4, 0.5) is 0 Å². The topological polar surface area (TPSA) is 36.9 Å². The van der Waals surface area contributed by atoms with Gasteiger partial charge in [-0.15, -0.1) is 0 Å². The fourth-order valence-electron chi connectivity index (χ4n) is 2.00. The number of ether oxygens (including phenoxy) is 1. The van der Waals surface area contributed by atoms with E-state index in [1.54, 1.807) is 0 Å². The lowest BCUT2D eigenvalue weighted by atomic mass is 10.2. The maximum Gasteiger partial charge on any atom is 0.639 e. The Bertz CT molecular complexity index is 596. The second-order valence-corrected chi connectivity index (χ2v) is 6.19. The Morgan fingerprint density at radius 1 is 0.846 bits per heavy atom. The number of benzene rings is 2. The van der Waals surface area contributed by atoms with E-state index in [0.717, 1.165) is 10.2 Å². The summed E-state index contributed by atoms with van der Waals surface area (Å²) >= 11 is 3.47. The van der Waals surface area contributed by atoms with Gasteiger partial charge < -0.3 is 18.7 Å². The van der Waals surface area contributed by atoms with E-state index in [-0.39, 0.29) is 0 Å². The van der Waals surface area contributed by atoms with Crippen LogP contribution in [-0.4, -0.2) is 27.1 Å². The summed E-state index contributed by atoms with van der Waals surface area (Å²) in [4.78, 5) is 0. The van der Waals surface area contributed by atoms with Crippen molar-refractivity contribution in [3.8, 4) is 5.75 Å². The fourth-order valence-corrected chi connectivity index (χ4v) is 2.25. The molecule has 0 fully saturated rings. The van der Waals surface area contributed by atoms with Crippen LogP contribution in [0.3, 0.4) is 0 Å². The lowest BCUT2D eigenvalue weighted by molar-refractivity contribution is 0.107. The summed E-state index contributed by atoms with van der Waals surface area (Å²) in [5.41, 5.74) is 2.37. The van der Waals surface area contributed by atoms with Gasteiger partial charge in [0.05, 0.1) is 0 Å². The third kappa shape index (κ3) is 9.39. The molecule has 0 radical (unpaired) electrons. The van der Waals surface area contributed by atoms with Gasteiger partial charge in [-0.2, -0.15) is 0 Å². The zero-order valence-electron chi connectivity index (χ0n) is 16.0. The molecule has 142 valence electrons. The molecule has 2 aromatic rings. The molecule has 26 heavy (non-hydrogen) atoms. The van der Waals surface area contributed by atoms with Crippen LogP contribution < -0.4 is 4.74 Å². The summed E-state index contributed by atoms with van der Waals surface area (Å²) in [7, 11) is -0.472. The van der Waals surface area contributed by atoms with Crippen molar-refractivity contribution >= 4 is 23.3 Å². The second kappa shape index (κ2) is 13.8. The van der Waals surface area contributed by atoms with E-state index in [0.29, 0.717) is 26.4 Å². The quantitative estimate of drug-likeness (QED) is 0.505. The first-order chi connectivity index (χ1) is 12.6. The number of aryl methyl sites for hydroxylation is 1. The van der Waals surface area contributed by atoms with Gasteiger partial charge in [0.1, 0.15) is 12.4 Å². The van der Waals surface area contributed by atoms with Crippen LogP contribution >= 0.6 is 15.9 Å². The molecule has 0 atom stereocenters. The normalized spacial score (nSPS) is 10.0. The average Bonchev–Trinajstić information content (AvgIpc) is 2.65. The molecule has 0 aliphatic rings. The van der Waals surface area contributed by atoms with Gasteiger partial charge in [-0.1, -0.05) is 46.3 Å². The molecule has 0 spiro atoms. The van der Waals surface area contributed by atoms with Crippen molar-refractivity contribution < 1.29 is 18.7 Å². The van der Waals surface area contributed by atoms with E-state index in [1.807, 2.05) is 57.2 Å². The largest absolute Gasteiger partial charge is 0.639 e. The molecule has 0 unspecified atom stereocenters. The fraction of sp³-hybridized carbons (Fsp3) is 0.400.